The molecule has 514 valence electrons. The van der Waals surface area contributed by atoms with E-state index in [1.54, 1.807) is 12.1 Å². The van der Waals surface area contributed by atoms with Gasteiger partial charge in [0, 0.05) is 50.5 Å². The van der Waals surface area contributed by atoms with Crippen LogP contribution in [0.25, 0.3) is 22.3 Å². The zero-order valence-corrected chi connectivity index (χ0v) is 53.3. The van der Waals surface area contributed by atoms with E-state index in [1.807, 2.05) is 48.5 Å². The molecule has 0 bridgehead atoms. The highest BCUT2D eigenvalue weighted by Gasteiger charge is 2.50. The number of carbonyl (C=O) groups excluding carboxylic acids is 7. The minimum absolute atomic E-state index is 0.0360. The minimum atomic E-state index is -2.30. The maximum atomic E-state index is 14.9. The Labute approximate surface area is 545 Å². The number of rotatable bonds is 26. The van der Waals surface area contributed by atoms with Crippen molar-refractivity contribution in [1.29, 1.82) is 0 Å². The van der Waals surface area contributed by atoms with Gasteiger partial charge in [-0.3, -0.25) is 38.9 Å². The maximum Gasteiger partial charge on any atom is 0.251 e. The number of fused-ring (bicyclic) bond motifs is 2. The highest BCUT2D eigenvalue weighted by atomic mass is 16.5. The van der Waals surface area contributed by atoms with E-state index in [-0.39, 0.29) is 56.4 Å². The number of hydrogen-bond donors (Lipinski definition) is 15. The van der Waals surface area contributed by atoms with Crippen molar-refractivity contribution in [2.45, 2.75) is 145 Å². The Balaban J connectivity index is 1.21. The summed E-state index contributed by atoms with van der Waals surface area (Å²) in [7, 11) is 0. The molecule has 28 heteroatoms. The van der Waals surface area contributed by atoms with E-state index in [4.69, 9.17) is 24.7 Å². The molecule has 4 aromatic rings. The highest BCUT2D eigenvalue weighted by molar-refractivity contribution is 6.00. The standard InChI is InChI=1S/C66H91N9O19/c1-5-6-7-26-94-48-22-18-43(19-23-48)41-10-8-40(9-11-41)42-12-14-45(15-13-42)60(84)69-49-34-51(80)59(68-25-28-92-30-32-93-31-29-91-27-24-67)73-64(88)55-56(81)37(2)35-75(55)66(90)53(39(4)77)71-63(87)54(58(83)57(82)44-16-20-46(78)21-17-44)72-62(86)50-33-47(79)36-74(50)65(89)52(38(3)76)70-61(49)85/h8-23,37-39,47,49-59,68,76-83H,5-7,24-36,67H2,1-4H3,(H,69,84)(H,70,85)(H,71,87)(H,72,86)(H,73,88)/t37-,38+,39+,47+,49?,50?,51+,52?,53?,54?,55?,56-,57-,58-,59?/m0/s1. The lowest BCUT2D eigenvalue weighted by Crippen LogP contribution is -2.64. The predicted molar refractivity (Wildman–Crippen MR) is 341 cm³/mol. The number of aliphatic hydroxyl groups excluding tert-OH is 7. The van der Waals surface area contributed by atoms with Gasteiger partial charge in [0.05, 0.1) is 76.8 Å². The normalized spacial score (nSPS) is 25.6. The van der Waals surface area contributed by atoms with Gasteiger partial charge < -0.3 is 102 Å². The number of carbonyl (C=O) groups is 7. The number of aromatic hydroxyl groups is 1. The molecular weight excluding hydrogens is 1220 g/mol. The van der Waals surface area contributed by atoms with Gasteiger partial charge in [0.25, 0.3) is 5.91 Å². The van der Waals surface area contributed by atoms with Gasteiger partial charge in [-0.1, -0.05) is 87.4 Å². The number of nitrogens with one attached hydrogen (secondary N) is 6. The zero-order chi connectivity index (χ0) is 68.2. The lowest BCUT2D eigenvalue weighted by atomic mass is 9.96. The third-order valence-corrected chi connectivity index (χ3v) is 16.7. The number of phenolic OH excluding ortho intramolecular Hbond substituents is 1. The molecule has 3 heterocycles. The van der Waals surface area contributed by atoms with Gasteiger partial charge in [-0.05, 0) is 84.5 Å². The van der Waals surface area contributed by atoms with Crippen LogP contribution in [0, 0.1) is 5.92 Å². The Hall–Kier alpha value is -7.71. The largest absolute Gasteiger partial charge is 0.508 e. The van der Waals surface area contributed by atoms with Gasteiger partial charge in [0.2, 0.25) is 35.4 Å². The number of nitrogens with two attached hydrogens (primary N) is 1. The van der Waals surface area contributed by atoms with E-state index in [9.17, 15) is 74.4 Å². The SMILES string of the molecule is CCCCCOc1ccc(-c2ccc(-c3ccc(C(=O)NC4C[C@@H](O)C(NCCOCCOCCOCCN)NC(=O)C5[C@@H](O)[C@@H](C)CN5C(=O)C([C@@H](C)O)NC(=O)C([C@H](O)[C@@H](O)c5ccc(O)cc5)NC(=O)C5C[C@@H](O)CN5C(=O)C([C@@H](C)O)NC4=O)cc3)cc2)cc1. The molecule has 0 radical (unpaired) electrons. The molecule has 7 unspecified atom stereocenters. The summed E-state index contributed by atoms with van der Waals surface area (Å²) in [6, 6.07) is 15.1. The molecule has 0 aliphatic carbocycles. The predicted octanol–water partition coefficient (Wildman–Crippen LogP) is -1.32. The molecule has 3 aliphatic heterocycles. The average molecular weight is 1310 g/mol. The topological polar surface area (TPSA) is 423 Å². The van der Waals surface area contributed by atoms with Crippen molar-refractivity contribution in [3.8, 4) is 33.8 Å². The van der Waals surface area contributed by atoms with Crippen molar-refractivity contribution in [2.24, 2.45) is 11.7 Å². The number of ether oxygens (including phenoxy) is 4. The first-order valence-electron chi connectivity index (χ1n) is 31.8. The molecule has 15 atom stereocenters. The monoisotopic (exact) mass is 1310 g/mol. The summed E-state index contributed by atoms with van der Waals surface area (Å²) in [6.07, 6.45) is -12.5. The van der Waals surface area contributed by atoms with Gasteiger partial charge in [-0.15, -0.1) is 0 Å². The summed E-state index contributed by atoms with van der Waals surface area (Å²) in [5, 5.41) is 106. The van der Waals surface area contributed by atoms with Crippen LogP contribution in [0.2, 0.25) is 0 Å². The Kier molecular flexibility index (Phi) is 28.0. The van der Waals surface area contributed by atoms with E-state index >= 15 is 0 Å². The Morgan fingerprint density at radius 1 is 0.617 bits per heavy atom. The third kappa shape index (κ3) is 19.9. The van der Waals surface area contributed by atoms with Crippen molar-refractivity contribution in [3.63, 3.8) is 0 Å². The second-order valence-corrected chi connectivity index (χ2v) is 23.9. The van der Waals surface area contributed by atoms with Crippen LogP contribution in [-0.2, 0) is 43.0 Å². The number of unbranched alkanes of at least 4 members (excludes halogenated alkanes) is 2. The molecule has 0 saturated carbocycles. The van der Waals surface area contributed by atoms with Gasteiger partial charge in [0.15, 0.2) is 0 Å². The van der Waals surface area contributed by atoms with Crippen LogP contribution in [0.4, 0.5) is 0 Å². The van der Waals surface area contributed by atoms with Crippen molar-refractivity contribution >= 4 is 41.4 Å². The molecule has 3 aliphatic rings. The molecule has 3 fully saturated rings. The summed E-state index contributed by atoms with van der Waals surface area (Å²) in [5.41, 5.74) is 8.89. The van der Waals surface area contributed by atoms with Crippen LogP contribution in [0.5, 0.6) is 11.5 Å². The Morgan fingerprint density at radius 2 is 1.15 bits per heavy atom. The maximum absolute atomic E-state index is 14.9. The third-order valence-electron chi connectivity index (χ3n) is 16.7. The summed E-state index contributed by atoms with van der Waals surface area (Å²) in [4.78, 5) is 104. The number of nitrogens with zero attached hydrogens (tertiary/aromatic N) is 2. The number of aliphatic hydroxyl groups is 7. The van der Waals surface area contributed by atoms with Crippen LogP contribution in [0.1, 0.15) is 81.8 Å². The lowest BCUT2D eigenvalue weighted by Gasteiger charge is -2.34. The van der Waals surface area contributed by atoms with Crippen molar-refractivity contribution in [1.82, 2.24) is 41.7 Å². The first-order valence-corrected chi connectivity index (χ1v) is 31.8. The van der Waals surface area contributed by atoms with Crippen molar-refractivity contribution in [3.05, 3.63) is 108 Å². The summed E-state index contributed by atoms with van der Waals surface area (Å²) >= 11 is 0. The molecule has 0 spiro atoms. The fourth-order valence-electron chi connectivity index (χ4n) is 11.3. The quantitative estimate of drug-likeness (QED) is 0.0324. The van der Waals surface area contributed by atoms with E-state index < -0.39 is 152 Å². The van der Waals surface area contributed by atoms with Crippen LogP contribution in [-0.4, -0.2) is 243 Å². The lowest BCUT2D eigenvalue weighted by molar-refractivity contribution is -0.148. The van der Waals surface area contributed by atoms with Gasteiger partial charge >= 0.3 is 0 Å². The molecule has 28 nitrogen and oxygen atoms in total. The smallest absolute Gasteiger partial charge is 0.251 e. The zero-order valence-electron chi connectivity index (χ0n) is 53.3. The molecule has 0 aromatic heterocycles. The molecule has 4 aromatic carbocycles. The van der Waals surface area contributed by atoms with Crippen LogP contribution < -0.4 is 42.4 Å². The molecule has 7 rings (SSSR count). The number of phenols is 1. The van der Waals surface area contributed by atoms with Gasteiger partial charge in [-0.25, -0.2) is 0 Å². The fourth-order valence-corrected chi connectivity index (χ4v) is 11.3. The summed E-state index contributed by atoms with van der Waals surface area (Å²) in [6.45, 7) is 6.93. The molecule has 7 amide bonds. The van der Waals surface area contributed by atoms with Crippen molar-refractivity contribution in [2.75, 3.05) is 72.4 Å². The van der Waals surface area contributed by atoms with E-state index in [2.05, 4.69) is 38.8 Å². The van der Waals surface area contributed by atoms with Gasteiger partial charge in [0.1, 0.15) is 66.1 Å². The van der Waals surface area contributed by atoms with Gasteiger partial charge in [-0.2, -0.15) is 0 Å². The van der Waals surface area contributed by atoms with Crippen LogP contribution in [0.15, 0.2) is 97.1 Å². The first-order chi connectivity index (χ1) is 45.0. The molecule has 94 heavy (non-hydrogen) atoms. The average Bonchev–Trinajstić information content (AvgIpc) is 1.59. The highest BCUT2D eigenvalue weighted by Crippen LogP contribution is 2.30. The first kappa shape index (κ1) is 73.7. The molecule has 16 N–H and O–H groups in total. The fraction of sp³-hybridized carbons (Fsp3) is 0.530. The van der Waals surface area contributed by atoms with Crippen LogP contribution >= 0.6 is 0 Å². The second kappa shape index (κ2) is 35.7. The Morgan fingerprint density at radius 3 is 1.72 bits per heavy atom. The Bertz CT molecular complexity index is 3110. The summed E-state index contributed by atoms with van der Waals surface area (Å²) < 4.78 is 22.4. The minimum Gasteiger partial charge on any atom is -0.508 e. The van der Waals surface area contributed by atoms with E-state index in [0.29, 0.717) is 26.4 Å². The molecule has 3 saturated heterocycles. The van der Waals surface area contributed by atoms with E-state index in [0.717, 1.165) is 70.9 Å². The summed E-state index contributed by atoms with van der Waals surface area (Å²) in [5.74, 6) is -8.32. The van der Waals surface area contributed by atoms with Crippen molar-refractivity contribution < 1.29 is 93.4 Å². The molecular formula is C66H91N9O19. The number of benzene rings is 4. The number of hydrogen-bond acceptors (Lipinski definition) is 21. The number of amides is 7. The van der Waals surface area contributed by atoms with Crippen LogP contribution in [0.3, 0.4) is 0 Å². The second-order valence-electron chi connectivity index (χ2n) is 23.9. The van der Waals surface area contributed by atoms with E-state index in [1.165, 1.54) is 43.3 Å².